The molecular formula is C27H26N2O4. The lowest BCUT2D eigenvalue weighted by molar-refractivity contribution is 0.0996. The molecule has 0 saturated heterocycles. The van der Waals surface area contributed by atoms with E-state index in [1.165, 1.54) is 0 Å². The minimum Gasteiger partial charge on any atom is -0.491 e. The van der Waals surface area contributed by atoms with Gasteiger partial charge >= 0.3 is 0 Å². The highest BCUT2D eigenvalue weighted by molar-refractivity contribution is 6.06. The average molecular weight is 443 g/mol. The number of anilines is 2. The van der Waals surface area contributed by atoms with Crippen LogP contribution in [0.4, 0.5) is 11.4 Å². The van der Waals surface area contributed by atoms with Crippen LogP contribution in [0.1, 0.15) is 46.7 Å². The average Bonchev–Trinajstić information content (AvgIpc) is 3.26. The Morgan fingerprint density at radius 2 is 1.70 bits per heavy atom. The molecule has 0 bridgehead atoms. The fourth-order valence-electron chi connectivity index (χ4n) is 3.36. The smallest absolute Gasteiger partial charge is 0.291 e. The van der Waals surface area contributed by atoms with Gasteiger partial charge in [0.05, 0.1) is 6.10 Å². The second-order valence-electron chi connectivity index (χ2n) is 7.95. The Morgan fingerprint density at radius 3 is 2.39 bits per heavy atom. The first kappa shape index (κ1) is 22.1. The highest BCUT2D eigenvalue weighted by Gasteiger charge is 2.14. The molecule has 0 aliphatic heterocycles. The minimum absolute atomic E-state index is 0.124. The second kappa shape index (κ2) is 9.61. The molecule has 3 aromatic carbocycles. The van der Waals surface area contributed by atoms with Crippen LogP contribution in [0.15, 0.2) is 77.2 Å². The summed E-state index contributed by atoms with van der Waals surface area (Å²) in [7, 11) is 0. The second-order valence-corrected chi connectivity index (χ2v) is 7.95. The Balaban J connectivity index is 1.40. The van der Waals surface area contributed by atoms with Gasteiger partial charge in [0, 0.05) is 22.3 Å². The van der Waals surface area contributed by atoms with Crippen molar-refractivity contribution in [3.63, 3.8) is 0 Å². The van der Waals surface area contributed by atoms with Crippen molar-refractivity contribution in [1.82, 2.24) is 0 Å². The third-order valence-electron chi connectivity index (χ3n) is 5.41. The van der Waals surface area contributed by atoms with Crippen molar-refractivity contribution < 1.29 is 18.7 Å². The number of furan rings is 1. The molecule has 0 unspecified atom stereocenters. The van der Waals surface area contributed by atoms with Crippen LogP contribution in [-0.4, -0.2) is 17.9 Å². The van der Waals surface area contributed by atoms with Crippen LogP contribution in [-0.2, 0) is 0 Å². The van der Waals surface area contributed by atoms with Gasteiger partial charge in [-0.25, -0.2) is 0 Å². The molecule has 6 nitrogen and oxygen atoms in total. The van der Waals surface area contributed by atoms with Crippen molar-refractivity contribution in [1.29, 1.82) is 0 Å². The third kappa shape index (κ3) is 5.23. The summed E-state index contributed by atoms with van der Waals surface area (Å²) < 4.78 is 11.4. The zero-order chi connectivity index (χ0) is 23.4. The monoisotopic (exact) mass is 442 g/mol. The molecule has 6 heteroatoms. The van der Waals surface area contributed by atoms with Crippen LogP contribution in [0.3, 0.4) is 0 Å². The number of hydrogen-bond donors (Lipinski definition) is 2. The molecular weight excluding hydrogens is 416 g/mol. The maximum absolute atomic E-state index is 12.6. The van der Waals surface area contributed by atoms with Gasteiger partial charge in [0.1, 0.15) is 11.3 Å². The van der Waals surface area contributed by atoms with E-state index in [1.54, 1.807) is 42.5 Å². The van der Waals surface area contributed by atoms with Crippen molar-refractivity contribution in [2.75, 3.05) is 10.6 Å². The molecule has 0 fully saturated rings. The number of ether oxygens (including phenoxy) is 1. The molecule has 2 amide bonds. The van der Waals surface area contributed by atoms with Crippen molar-refractivity contribution in [3.05, 3.63) is 89.7 Å². The maximum Gasteiger partial charge on any atom is 0.291 e. The molecule has 0 radical (unpaired) electrons. The number of para-hydroxylation sites is 1. The molecule has 4 aromatic rings. The molecule has 2 N–H and O–H groups in total. The number of carbonyl (C=O) groups excluding carboxylic acids is 2. The van der Waals surface area contributed by atoms with Crippen LogP contribution >= 0.6 is 0 Å². The number of fused-ring (bicyclic) bond motifs is 1. The third-order valence-corrected chi connectivity index (χ3v) is 5.41. The van der Waals surface area contributed by atoms with Gasteiger partial charge in [-0.15, -0.1) is 0 Å². The largest absolute Gasteiger partial charge is 0.491 e. The van der Waals surface area contributed by atoms with Gasteiger partial charge in [0.2, 0.25) is 0 Å². The zero-order valence-corrected chi connectivity index (χ0v) is 18.8. The van der Waals surface area contributed by atoms with E-state index >= 15 is 0 Å². The van der Waals surface area contributed by atoms with Crippen molar-refractivity contribution >= 4 is 34.2 Å². The molecule has 1 aromatic heterocycles. The normalized spacial score (nSPS) is 11.7. The standard InChI is InChI=1S/C27H26N2O4/c1-4-18(3)32-22-12-9-19(10-13-22)26(30)28-21-11-14-23(17(2)15-21)29-27(31)25-16-20-7-5-6-8-24(20)33-25/h5-16,18H,4H2,1-3H3,(H,28,30)(H,29,31)/t18-/m0/s1. The van der Waals surface area contributed by atoms with Gasteiger partial charge in [-0.3, -0.25) is 9.59 Å². The zero-order valence-electron chi connectivity index (χ0n) is 18.8. The summed E-state index contributed by atoms with van der Waals surface area (Å²) in [6.07, 6.45) is 1.04. The van der Waals surface area contributed by atoms with Crippen LogP contribution in [0.5, 0.6) is 5.75 Å². The maximum atomic E-state index is 12.6. The molecule has 0 saturated carbocycles. The van der Waals surface area contributed by atoms with Gasteiger partial charge in [-0.1, -0.05) is 25.1 Å². The SMILES string of the molecule is CC[C@H](C)Oc1ccc(C(=O)Nc2ccc(NC(=O)c3cc4ccccc4o3)c(C)c2)cc1. The van der Waals surface area contributed by atoms with Crippen molar-refractivity contribution in [3.8, 4) is 5.75 Å². The Kier molecular flexibility index (Phi) is 6.45. The lowest BCUT2D eigenvalue weighted by Crippen LogP contribution is -2.14. The summed E-state index contributed by atoms with van der Waals surface area (Å²) in [5, 5.41) is 6.63. The summed E-state index contributed by atoms with van der Waals surface area (Å²) in [6.45, 7) is 5.93. The highest BCUT2D eigenvalue weighted by atomic mass is 16.5. The Morgan fingerprint density at radius 1 is 0.939 bits per heavy atom. The number of aryl methyl sites for hydroxylation is 1. The van der Waals surface area contributed by atoms with Gasteiger partial charge in [0.15, 0.2) is 5.76 Å². The van der Waals surface area contributed by atoms with E-state index in [0.717, 1.165) is 23.1 Å². The van der Waals surface area contributed by atoms with Crippen molar-refractivity contribution in [2.24, 2.45) is 0 Å². The van der Waals surface area contributed by atoms with Gasteiger partial charge < -0.3 is 19.8 Å². The van der Waals surface area contributed by atoms with E-state index in [-0.39, 0.29) is 23.7 Å². The predicted octanol–water partition coefficient (Wildman–Crippen LogP) is 6.42. The van der Waals surface area contributed by atoms with Gasteiger partial charge in [-0.2, -0.15) is 0 Å². The van der Waals surface area contributed by atoms with E-state index in [1.807, 2.05) is 44.2 Å². The summed E-state index contributed by atoms with van der Waals surface area (Å²) in [5.41, 5.74) is 3.29. The molecule has 1 heterocycles. The number of hydrogen-bond acceptors (Lipinski definition) is 4. The number of rotatable bonds is 7. The van der Waals surface area contributed by atoms with E-state index in [9.17, 15) is 9.59 Å². The molecule has 168 valence electrons. The Labute approximate surface area is 192 Å². The number of benzene rings is 3. The van der Waals surface area contributed by atoms with E-state index < -0.39 is 0 Å². The molecule has 0 aliphatic rings. The number of amides is 2. The summed E-state index contributed by atoms with van der Waals surface area (Å²) >= 11 is 0. The highest BCUT2D eigenvalue weighted by Crippen LogP contribution is 2.24. The van der Waals surface area contributed by atoms with E-state index in [0.29, 0.717) is 22.5 Å². The number of nitrogens with one attached hydrogen (secondary N) is 2. The first-order valence-electron chi connectivity index (χ1n) is 10.9. The quantitative estimate of drug-likeness (QED) is 0.346. The molecule has 0 aliphatic carbocycles. The van der Waals surface area contributed by atoms with E-state index in [2.05, 4.69) is 17.6 Å². The molecule has 1 atom stereocenters. The van der Waals surface area contributed by atoms with Crippen molar-refractivity contribution in [2.45, 2.75) is 33.3 Å². The molecule has 0 spiro atoms. The van der Waals surface area contributed by atoms with Gasteiger partial charge in [0.25, 0.3) is 11.8 Å². The fourth-order valence-corrected chi connectivity index (χ4v) is 3.36. The summed E-state index contributed by atoms with van der Waals surface area (Å²) in [5.74, 6) is 0.435. The lowest BCUT2D eigenvalue weighted by atomic mass is 10.1. The lowest BCUT2D eigenvalue weighted by Gasteiger charge is -2.13. The first-order chi connectivity index (χ1) is 15.9. The van der Waals surface area contributed by atoms with Crippen LogP contribution in [0, 0.1) is 6.92 Å². The molecule has 4 rings (SSSR count). The molecule has 33 heavy (non-hydrogen) atoms. The predicted molar refractivity (Wildman–Crippen MR) is 130 cm³/mol. The Bertz CT molecular complexity index is 1260. The summed E-state index contributed by atoms with van der Waals surface area (Å²) in [6, 6.07) is 21.6. The number of carbonyl (C=O) groups is 2. The van der Waals surface area contributed by atoms with Crippen LogP contribution in [0.2, 0.25) is 0 Å². The van der Waals surface area contributed by atoms with Crippen LogP contribution in [0.25, 0.3) is 11.0 Å². The fraction of sp³-hybridized carbons (Fsp3) is 0.185. The first-order valence-corrected chi connectivity index (χ1v) is 10.9. The Hall–Kier alpha value is -4.06. The summed E-state index contributed by atoms with van der Waals surface area (Å²) in [4.78, 5) is 25.2. The van der Waals surface area contributed by atoms with Crippen LogP contribution < -0.4 is 15.4 Å². The minimum atomic E-state index is -0.328. The van der Waals surface area contributed by atoms with E-state index in [4.69, 9.17) is 9.15 Å². The van der Waals surface area contributed by atoms with Gasteiger partial charge in [-0.05, 0) is 80.4 Å². The topological polar surface area (TPSA) is 80.6 Å².